The van der Waals surface area contributed by atoms with Crippen LogP contribution in [0.15, 0.2) is 18.3 Å². The molecule has 0 aliphatic carbocycles. The monoisotopic (exact) mass is 241 g/mol. The highest BCUT2D eigenvalue weighted by molar-refractivity contribution is 6.29. The molecule has 1 rings (SSSR count). The van der Waals surface area contributed by atoms with E-state index in [1.54, 1.807) is 12.3 Å². The zero-order valence-corrected chi connectivity index (χ0v) is 10.6. The number of rotatable bonds is 7. The average molecular weight is 242 g/mol. The van der Waals surface area contributed by atoms with Crippen molar-refractivity contribution in [1.29, 1.82) is 0 Å². The highest BCUT2D eigenvalue weighted by atomic mass is 35.5. The molecular weight excluding hydrogens is 222 g/mol. The fraction of sp³-hybridized carbons (Fsp3) is 0.615. The van der Waals surface area contributed by atoms with Crippen LogP contribution in [-0.4, -0.2) is 10.1 Å². The highest BCUT2D eigenvalue weighted by Crippen LogP contribution is 2.21. The molecule has 0 saturated carbocycles. The molecule has 1 atom stereocenters. The van der Waals surface area contributed by atoms with Crippen LogP contribution < -0.4 is 0 Å². The summed E-state index contributed by atoms with van der Waals surface area (Å²) in [7, 11) is 0. The Labute approximate surface area is 103 Å². The van der Waals surface area contributed by atoms with Crippen molar-refractivity contribution in [2.24, 2.45) is 0 Å². The summed E-state index contributed by atoms with van der Waals surface area (Å²) in [5, 5.41) is 10.4. The summed E-state index contributed by atoms with van der Waals surface area (Å²) in [5.41, 5.74) is 0.871. The van der Waals surface area contributed by atoms with Crippen molar-refractivity contribution in [2.75, 3.05) is 0 Å². The van der Waals surface area contributed by atoms with E-state index in [9.17, 15) is 5.11 Å². The van der Waals surface area contributed by atoms with Crippen molar-refractivity contribution >= 4 is 11.6 Å². The Bertz CT molecular complexity index is 304. The minimum absolute atomic E-state index is 0.401. The van der Waals surface area contributed by atoms with Crippen molar-refractivity contribution in [1.82, 2.24) is 4.98 Å². The largest absolute Gasteiger partial charge is 0.388 e. The lowest BCUT2D eigenvalue weighted by Gasteiger charge is -2.10. The zero-order valence-electron chi connectivity index (χ0n) is 9.82. The summed E-state index contributed by atoms with van der Waals surface area (Å²) in [5.74, 6) is 0. The smallest absolute Gasteiger partial charge is 0.129 e. The van der Waals surface area contributed by atoms with Gasteiger partial charge in [-0.2, -0.15) is 0 Å². The van der Waals surface area contributed by atoms with Gasteiger partial charge in [-0.1, -0.05) is 50.6 Å². The Hall–Kier alpha value is -0.600. The molecule has 0 aliphatic heterocycles. The minimum atomic E-state index is -0.401. The van der Waals surface area contributed by atoms with Crippen LogP contribution >= 0.6 is 11.6 Å². The topological polar surface area (TPSA) is 33.1 Å². The van der Waals surface area contributed by atoms with Gasteiger partial charge in [-0.05, 0) is 24.1 Å². The molecule has 1 N–H and O–H groups in total. The molecule has 0 bridgehead atoms. The summed E-state index contributed by atoms with van der Waals surface area (Å²) in [6.45, 7) is 2.20. The van der Waals surface area contributed by atoms with Crippen molar-refractivity contribution in [3.63, 3.8) is 0 Å². The summed E-state index contributed by atoms with van der Waals surface area (Å²) >= 11 is 5.77. The lowest BCUT2D eigenvalue weighted by molar-refractivity contribution is 0.163. The maximum absolute atomic E-state index is 9.92. The van der Waals surface area contributed by atoms with Crippen LogP contribution in [0.25, 0.3) is 0 Å². The van der Waals surface area contributed by atoms with Gasteiger partial charge in [0.05, 0.1) is 6.10 Å². The molecule has 1 aromatic rings. The van der Waals surface area contributed by atoms with Crippen molar-refractivity contribution in [2.45, 2.75) is 51.6 Å². The highest BCUT2D eigenvalue weighted by Gasteiger charge is 2.07. The second-order valence-corrected chi connectivity index (χ2v) is 4.52. The van der Waals surface area contributed by atoms with Gasteiger partial charge >= 0.3 is 0 Å². The number of hydrogen-bond donors (Lipinski definition) is 1. The fourth-order valence-electron chi connectivity index (χ4n) is 1.73. The number of pyridine rings is 1. The van der Waals surface area contributed by atoms with E-state index < -0.39 is 6.10 Å². The Morgan fingerprint density at radius 2 is 2.06 bits per heavy atom. The van der Waals surface area contributed by atoms with Crippen molar-refractivity contribution in [3.05, 3.63) is 29.0 Å². The van der Waals surface area contributed by atoms with E-state index in [1.807, 2.05) is 6.07 Å². The third-order valence-electron chi connectivity index (χ3n) is 2.72. The lowest BCUT2D eigenvalue weighted by atomic mass is 10.0. The maximum Gasteiger partial charge on any atom is 0.129 e. The third-order valence-corrected chi connectivity index (χ3v) is 2.92. The van der Waals surface area contributed by atoms with E-state index in [1.165, 1.54) is 25.7 Å². The lowest BCUT2D eigenvalue weighted by Crippen LogP contribution is -1.97. The quantitative estimate of drug-likeness (QED) is 0.575. The van der Waals surface area contributed by atoms with Crippen LogP contribution in [0.2, 0.25) is 5.15 Å². The second kappa shape index (κ2) is 7.64. The molecule has 16 heavy (non-hydrogen) atoms. The molecule has 3 heteroatoms. The van der Waals surface area contributed by atoms with E-state index >= 15 is 0 Å². The van der Waals surface area contributed by atoms with Crippen LogP contribution in [0.5, 0.6) is 0 Å². The van der Waals surface area contributed by atoms with Crippen LogP contribution in [0.3, 0.4) is 0 Å². The molecule has 2 nitrogen and oxygen atoms in total. The first-order valence-electron chi connectivity index (χ1n) is 6.03. The van der Waals surface area contributed by atoms with E-state index in [0.29, 0.717) is 5.15 Å². The molecule has 1 aromatic heterocycles. The van der Waals surface area contributed by atoms with Crippen LogP contribution in [0, 0.1) is 0 Å². The number of aliphatic hydroxyl groups is 1. The van der Waals surface area contributed by atoms with Gasteiger partial charge in [-0.15, -0.1) is 0 Å². The normalized spacial score (nSPS) is 12.7. The van der Waals surface area contributed by atoms with Crippen LogP contribution in [0.4, 0.5) is 0 Å². The molecular formula is C13H20ClNO. The van der Waals surface area contributed by atoms with Gasteiger partial charge in [0.25, 0.3) is 0 Å². The Balaban J connectivity index is 2.27. The summed E-state index contributed by atoms with van der Waals surface area (Å²) in [6, 6.07) is 3.56. The van der Waals surface area contributed by atoms with Gasteiger partial charge in [0.15, 0.2) is 0 Å². The van der Waals surface area contributed by atoms with E-state index in [4.69, 9.17) is 11.6 Å². The standard InChI is InChI=1S/C13H20ClNO/c1-2-3-4-5-6-7-12(16)11-8-9-15-13(14)10-11/h8-10,12,16H,2-7H2,1H3. The van der Waals surface area contributed by atoms with Gasteiger partial charge in [0.1, 0.15) is 5.15 Å². The SMILES string of the molecule is CCCCCCCC(O)c1ccnc(Cl)c1. The first-order chi connectivity index (χ1) is 7.74. The molecule has 0 aromatic carbocycles. The number of hydrogen-bond acceptors (Lipinski definition) is 2. The third kappa shape index (κ3) is 4.95. The van der Waals surface area contributed by atoms with Gasteiger partial charge in [-0.3, -0.25) is 0 Å². The summed E-state index contributed by atoms with van der Waals surface area (Å²) in [6.07, 6.45) is 8.12. The summed E-state index contributed by atoms with van der Waals surface area (Å²) in [4.78, 5) is 3.90. The van der Waals surface area contributed by atoms with Crippen molar-refractivity contribution in [3.8, 4) is 0 Å². The molecule has 0 radical (unpaired) electrons. The Morgan fingerprint density at radius 1 is 1.31 bits per heavy atom. The second-order valence-electron chi connectivity index (χ2n) is 4.13. The minimum Gasteiger partial charge on any atom is -0.388 e. The van der Waals surface area contributed by atoms with Gasteiger partial charge in [-0.25, -0.2) is 4.98 Å². The predicted octanol–water partition coefficient (Wildman–Crippen LogP) is 4.13. The zero-order chi connectivity index (χ0) is 11.8. The predicted molar refractivity (Wildman–Crippen MR) is 67.6 cm³/mol. The van der Waals surface area contributed by atoms with E-state index in [2.05, 4.69) is 11.9 Å². The number of unbranched alkanes of at least 4 members (excludes halogenated alkanes) is 4. The Morgan fingerprint density at radius 3 is 2.75 bits per heavy atom. The van der Waals surface area contributed by atoms with Gasteiger partial charge in [0.2, 0.25) is 0 Å². The van der Waals surface area contributed by atoms with Gasteiger partial charge in [0, 0.05) is 6.20 Å². The molecule has 0 spiro atoms. The molecule has 1 heterocycles. The number of aliphatic hydroxyl groups excluding tert-OH is 1. The summed E-state index contributed by atoms with van der Waals surface area (Å²) < 4.78 is 0. The number of halogens is 1. The molecule has 0 amide bonds. The molecule has 0 fully saturated rings. The van der Waals surface area contributed by atoms with E-state index in [0.717, 1.165) is 18.4 Å². The molecule has 0 saturated heterocycles. The number of aromatic nitrogens is 1. The maximum atomic E-state index is 9.92. The Kier molecular flexibility index (Phi) is 6.43. The fourth-order valence-corrected chi connectivity index (χ4v) is 1.91. The average Bonchev–Trinajstić information content (AvgIpc) is 2.28. The molecule has 0 aliphatic rings. The van der Waals surface area contributed by atoms with Gasteiger partial charge < -0.3 is 5.11 Å². The first kappa shape index (κ1) is 13.5. The molecule has 90 valence electrons. The van der Waals surface area contributed by atoms with Crippen LogP contribution in [-0.2, 0) is 0 Å². The number of nitrogens with zero attached hydrogens (tertiary/aromatic N) is 1. The van der Waals surface area contributed by atoms with Crippen molar-refractivity contribution < 1.29 is 5.11 Å². The van der Waals surface area contributed by atoms with Crippen LogP contribution in [0.1, 0.15) is 57.1 Å². The van der Waals surface area contributed by atoms with E-state index in [-0.39, 0.29) is 0 Å². The molecule has 1 unspecified atom stereocenters. The first-order valence-corrected chi connectivity index (χ1v) is 6.41.